The fraction of sp³-hybridized carbons (Fsp3) is 0.818. The molecule has 1 aliphatic rings. The number of hydrogen-bond donors (Lipinski definition) is 1. The van der Waals surface area contributed by atoms with Crippen LogP contribution in [-0.2, 0) is 22.7 Å². The van der Waals surface area contributed by atoms with Crippen molar-refractivity contribution in [2.24, 2.45) is 5.92 Å². The SMILES string of the molecule is CNC(C)Cc1noc(CC2CCS(=O)(=O)C2)n1. The Morgan fingerprint density at radius 2 is 2.33 bits per heavy atom. The second kappa shape index (κ2) is 5.36. The first kappa shape index (κ1) is 13.5. The highest BCUT2D eigenvalue weighted by molar-refractivity contribution is 7.91. The molecule has 1 aromatic heterocycles. The third kappa shape index (κ3) is 3.52. The van der Waals surface area contributed by atoms with Crippen molar-refractivity contribution in [2.45, 2.75) is 32.2 Å². The highest BCUT2D eigenvalue weighted by Gasteiger charge is 2.29. The Labute approximate surface area is 107 Å². The Balaban J connectivity index is 1.91. The van der Waals surface area contributed by atoms with Gasteiger partial charge in [0.05, 0.1) is 11.5 Å². The molecule has 1 N–H and O–H groups in total. The van der Waals surface area contributed by atoms with Gasteiger partial charge in [-0.2, -0.15) is 4.98 Å². The molecule has 1 aliphatic heterocycles. The largest absolute Gasteiger partial charge is 0.339 e. The molecule has 2 heterocycles. The highest BCUT2D eigenvalue weighted by Crippen LogP contribution is 2.21. The number of nitrogens with zero attached hydrogens (tertiary/aromatic N) is 2. The summed E-state index contributed by atoms with van der Waals surface area (Å²) in [6.07, 6.45) is 1.98. The Morgan fingerprint density at radius 1 is 1.56 bits per heavy atom. The van der Waals surface area contributed by atoms with Crippen LogP contribution < -0.4 is 5.32 Å². The predicted molar refractivity (Wildman–Crippen MR) is 67.0 cm³/mol. The van der Waals surface area contributed by atoms with Gasteiger partial charge in [-0.3, -0.25) is 0 Å². The quantitative estimate of drug-likeness (QED) is 0.824. The summed E-state index contributed by atoms with van der Waals surface area (Å²) in [6, 6.07) is 0.294. The minimum atomic E-state index is -2.83. The van der Waals surface area contributed by atoms with Gasteiger partial charge in [-0.05, 0) is 26.3 Å². The van der Waals surface area contributed by atoms with Gasteiger partial charge < -0.3 is 9.84 Å². The lowest BCUT2D eigenvalue weighted by atomic mass is 10.1. The summed E-state index contributed by atoms with van der Waals surface area (Å²) in [5.74, 6) is 1.89. The summed E-state index contributed by atoms with van der Waals surface area (Å²) in [5, 5.41) is 7.01. The fourth-order valence-corrected chi connectivity index (χ4v) is 3.97. The maximum atomic E-state index is 11.3. The van der Waals surface area contributed by atoms with Gasteiger partial charge in [0.1, 0.15) is 0 Å². The van der Waals surface area contributed by atoms with Crippen LogP contribution in [-0.4, -0.2) is 43.2 Å². The first-order valence-corrected chi connectivity index (χ1v) is 8.00. The molecular formula is C11H19N3O3S. The lowest BCUT2D eigenvalue weighted by molar-refractivity contribution is 0.354. The molecule has 0 aliphatic carbocycles. The zero-order valence-electron chi connectivity index (χ0n) is 10.7. The van der Waals surface area contributed by atoms with Crippen LogP contribution in [0.1, 0.15) is 25.1 Å². The molecule has 2 rings (SSSR count). The van der Waals surface area contributed by atoms with Gasteiger partial charge in [0.25, 0.3) is 0 Å². The van der Waals surface area contributed by atoms with Crippen LogP contribution in [0.2, 0.25) is 0 Å². The minimum absolute atomic E-state index is 0.130. The highest BCUT2D eigenvalue weighted by atomic mass is 32.2. The van der Waals surface area contributed by atoms with Gasteiger partial charge in [0.2, 0.25) is 5.89 Å². The number of sulfone groups is 1. The molecule has 0 aromatic carbocycles. The Bertz CT molecular complexity index is 497. The van der Waals surface area contributed by atoms with Gasteiger partial charge in [-0.15, -0.1) is 0 Å². The van der Waals surface area contributed by atoms with Crippen molar-refractivity contribution in [3.63, 3.8) is 0 Å². The maximum absolute atomic E-state index is 11.3. The van der Waals surface area contributed by atoms with E-state index in [1.54, 1.807) is 0 Å². The molecule has 2 atom stereocenters. The first-order chi connectivity index (χ1) is 8.48. The van der Waals surface area contributed by atoms with Crippen LogP contribution in [0.25, 0.3) is 0 Å². The monoisotopic (exact) mass is 273 g/mol. The van der Waals surface area contributed by atoms with Crippen molar-refractivity contribution in [3.8, 4) is 0 Å². The van der Waals surface area contributed by atoms with Crippen molar-refractivity contribution in [1.29, 1.82) is 0 Å². The molecule has 6 nitrogen and oxygen atoms in total. The van der Waals surface area contributed by atoms with E-state index >= 15 is 0 Å². The summed E-state index contributed by atoms with van der Waals surface area (Å²) in [6.45, 7) is 2.04. The summed E-state index contributed by atoms with van der Waals surface area (Å²) >= 11 is 0. The predicted octanol–water partition coefficient (Wildman–Crippen LogP) is 0.197. The van der Waals surface area contributed by atoms with Gasteiger partial charge >= 0.3 is 0 Å². The van der Waals surface area contributed by atoms with E-state index < -0.39 is 9.84 Å². The number of rotatable bonds is 5. The van der Waals surface area contributed by atoms with Gasteiger partial charge in [0.15, 0.2) is 15.7 Å². The van der Waals surface area contributed by atoms with Gasteiger partial charge in [-0.25, -0.2) is 8.42 Å². The van der Waals surface area contributed by atoms with Crippen molar-refractivity contribution in [2.75, 3.05) is 18.6 Å². The average Bonchev–Trinajstić information content (AvgIpc) is 2.86. The summed E-state index contributed by atoms with van der Waals surface area (Å²) in [5.41, 5.74) is 0. The number of hydrogen-bond acceptors (Lipinski definition) is 6. The molecule has 0 spiro atoms. The lowest BCUT2D eigenvalue weighted by Crippen LogP contribution is -2.24. The Hall–Kier alpha value is -0.950. The molecule has 1 fully saturated rings. The van der Waals surface area contributed by atoms with Crippen LogP contribution in [0.4, 0.5) is 0 Å². The van der Waals surface area contributed by atoms with Crippen molar-refractivity contribution < 1.29 is 12.9 Å². The van der Waals surface area contributed by atoms with Gasteiger partial charge in [0, 0.05) is 18.9 Å². The summed E-state index contributed by atoms with van der Waals surface area (Å²) in [7, 11) is -0.948. The Kier molecular flexibility index (Phi) is 4.01. The smallest absolute Gasteiger partial charge is 0.226 e. The molecule has 1 aromatic rings. The summed E-state index contributed by atoms with van der Waals surface area (Å²) < 4.78 is 27.8. The van der Waals surface area contributed by atoms with Crippen molar-refractivity contribution >= 4 is 9.84 Å². The van der Waals surface area contributed by atoms with Gasteiger partial charge in [-0.1, -0.05) is 5.16 Å². The average molecular weight is 273 g/mol. The van der Waals surface area contributed by atoms with E-state index in [9.17, 15) is 8.42 Å². The van der Waals surface area contributed by atoms with Crippen LogP contribution in [0.3, 0.4) is 0 Å². The molecule has 18 heavy (non-hydrogen) atoms. The third-order valence-corrected chi connectivity index (χ3v) is 5.12. The molecule has 0 saturated carbocycles. The van der Waals surface area contributed by atoms with E-state index in [0.717, 1.165) is 0 Å². The standard InChI is InChI=1S/C11H19N3O3S/c1-8(12-2)5-10-13-11(17-14-10)6-9-3-4-18(15,16)7-9/h8-9,12H,3-7H2,1-2H3. The van der Waals surface area contributed by atoms with Crippen molar-refractivity contribution in [3.05, 3.63) is 11.7 Å². The van der Waals surface area contributed by atoms with E-state index in [0.29, 0.717) is 37.0 Å². The number of nitrogens with one attached hydrogen (secondary N) is 1. The van der Waals surface area contributed by atoms with Crippen LogP contribution >= 0.6 is 0 Å². The van der Waals surface area contributed by atoms with E-state index in [4.69, 9.17) is 4.52 Å². The van der Waals surface area contributed by atoms with E-state index in [2.05, 4.69) is 15.5 Å². The fourth-order valence-electron chi connectivity index (χ4n) is 2.11. The van der Waals surface area contributed by atoms with Crippen molar-refractivity contribution in [1.82, 2.24) is 15.5 Å². The molecule has 7 heteroatoms. The summed E-state index contributed by atoms with van der Waals surface area (Å²) in [4.78, 5) is 4.30. The maximum Gasteiger partial charge on any atom is 0.226 e. The topological polar surface area (TPSA) is 85.1 Å². The second-order valence-corrected chi connectivity index (χ2v) is 7.20. The molecule has 102 valence electrons. The number of aromatic nitrogens is 2. The molecular weight excluding hydrogens is 254 g/mol. The molecule has 1 saturated heterocycles. The van der Waals surface area contributed by atoms with E-state index in [1.807, 2.05) is 14.0 Å². The number of likely N-dealkylation sites (N-methyl/N-ethyl adjacent to an activating group) is 1. The van der Waals surface area contributed by atoms with Crippen LogP contribution in [0.5, 0.6) is 0 Å². The second-order valence-electron chi connectivity index (χ2n) is 4.97. The molecule has 0 amide bonds. The normalized spacial score (nSPS) is 24.2. The minimum Gasteiger partial charge on any atom is -0.339 e. The van der Waals surface area contributed by atoms with Crippen LogP contribution in [0, 0.1) is 5.92 Å². The van der Waals surface area contributed by atoms with E-state index in [1.165, 1.54) is 0 Å². The molecule has 0 bridgehead atoms. The van der Waals surface area contributed by atoms with E-state index in [-0.39, 0.29) is 17.4 Å². The third-order valence-electron chi connectivity index (χ3n) is 3.28. The lowest BCUT2D eigenvalue weighted by Gasteiger charge is -2.05. The Morgan fingerprint density at radius 3 is 2.94 bits per heavy atom. The first-order valence-electron chi connectivity index (χ1n) is 6.17. The van der Waals surface area contributed by atoms with Crippen LogP contribution in [0.15, 0.2) is 4.52 Å². The zero-order valence-corrected chi connectivity index (χ0v) is 11.5. The molecule has 2 unspecified atom stereocenters. The zero-order chi connectivity index (χ0) is 13.2. The molecule has 0 radical (unpaired) electrons.